The van der Waals surface area contributed by atoms with Gasteiger partial charge >= 0.3 is 0 Å². The first-order chi connectivity index (χ1) is 7.08. The number of rotatable bonds is 2. The molecule has 0 fully saturated rings. The minimum absolute atomic E-state index is 0.458. The molecule has 0 bridgehead atoms. The van der Waals surface area contributed by atoms with E-state index in [9.17, 15) is 0 Å². The van der Waals surface area contributed by atoms with Crippen LogP contribution >= 0.6 is 0 Å². The van der Waals surface area contributed by atoms with E-state index in [4.69, 9.17) is 0 Å². The van der Waals surface area contributed by atoms with Crippen molar-refractivity contribution < 1.29 is 0 Å². The molecule has 0 aliphatic heterocycles. The Hall–Kier alpha value is -1.38. The minimum atomic E-state index is 0.458. The van der Waals surface area contributed by atoms with Gasteiger partial charge in [0.15, 0.2) is 5.65 Å². The van der Waals surface area contributed by atoms with Crippen LogP contribution in [0.3, 0.4) is 0 Å². The molecule has 15 heavy (non-hydrogen) atoms. The maximum atomic E-state index is 4.51. The second-order valence-electron chi connectivity index (χ2n) is 4.55. The largest absolute Gasteiger partial charge is 0.304 e. The zero-order valence-electron chi connectivity index (χ0n) is 9.73. The van der Waals surface area contributed by atoms with Crippen LogP contribution in [0.25, 0.3) is 5.65 Å². The normalized spacial score (nSPS) is 11.9. The van der Waals surface area contributed by atoms with Crippen LogP contribution in [0.15, 0.2) is 18.6 Å². The molecule has 0 atom stereocenters. The van der Waals surface area contributed by atoms with E-state index in [1.165, 1.54) is 0 Å². The van der Waals surface area contributed by atoms with Gasteiger partial charge in [-0.3, -0.25) is 4.98 Å². The van der Waals surface area contributed by atoms with Crippen molar-refractivity contribution in [3.63, 3.8) is 0 Å². The van der Waals surface area contributed by atoms with E-state index in [2.05, 4.69) is 54.5 Å². The molecule has 3 heteroatoms. The van der Waals surface area contributed by atoms with E-state index >= 15 is 0 Å². The van der Waals surface area contributed by atoms with Gasteiger partial charge in [0, 0.05) is 12.4 Å². The molecular formula is C12H17N3. The van der Waals surface area contributed by atoms with Crippen molar-refractivity contribution >= 4 is 5.65 Å². The summed E-state index contributed by atoms with van der Waals surface area (Å²) in [6.07, 6.45) is 6.01. The first kappa shape index (κ1) is 10.1. The standard InChI is InChI=1S/C12H17N3/c1-8(2)10-6-15-7-11(9(3)4)14-12(15)5-13-10/h5-9H,1-4H3. The Morgan fingerprint density at radius 2 is 1.60 bits per heavy atom. The molecule has 3 nitrogen and oxygen atoms in total. The Kier molecular flexibility index (Phi) is 2.47. The SMILES string of the molecule is CC(C)c1cn2cc(C(C)C)nc2cn1. The molecule has 0 N–H and O–H groups in total. The Balaban J connectivity index is 2.52. The molecule has 0 aromatic carbocycles. The average molecular weight is 203 g/mol. The van der Waals surface area contributed by atoms with Crippen LogP contribution in [0.1, 0.15) is 50.9 Å². The molecule has 0 aliphatic carbocycles. The molecule has 0 amide bonds. The number of aromatic nitrogens is 3. The maximum absolute atomic E-state index is 4.51. The summed E-state index contributed by atoms with van der Waals surface area (Å²) in [7, 11) is 0. The van der Waals surface area contributed by atoms with Crippen molar-refractivity contribution in [1.82, 2.24) is 14.4 Å². The van der Waals surface area contributed by atoms with Crippen LogP contribution < -0.4 is 0 Å². The van der Waals surface area contributed by atoms with Gasteiger partial charge < -0.3 is 4.40 Å². The summed E-state index contributed by atoms with van der Waals surface area (Å²) in [5, 5.41) is 0. The third-order valence-electron chi connectivity index (χ3n) is 2.56. The predicted octanol–water partition coefficient (Wildman–Crippen LogP) is 2.98. The van der Waals surface area contributed by atoms with Crippen molar-refractivity contribution in [2.75, 3.05) is 0 Å². The van der Waals surface area contributed by atoms with Crippen molar-refractivity contribution in [2.24, 2.45) is 0 Å². The quantitative estimate of drug-likeness (QED) is 0.751. The minimum Gasteiger partial charge on any atom is -0.304 e. The van der Waals surface area contributed by atoms with Gasteiger partial charge in [0.05, 0.1) is 17.6 Å². The summed E-state index contributed by atoms with van der Waals surface area (Å²) in [6, 6.07) is 0. The summed E-state index contributed by atoms with van der Waals surface area (Å²) in [5.41, 5.74) is 3.16. The van der Waals surface area contributed by atoms with Crippen LogP contribution in [-0.2, 0) is 0 Å². The zero-order valence-corrected chi connectivity index (χ0v) is 9.73. The number of nitrogens with zero attached hydrogens (tertiary/aromatic N) is 3. The molecule has 0 aliphatic rings. The molecular weight excluding hydrogens is 186 g/mol. The molecule has 0 saturated carbocycles. The van der Waals surface area contributed by atoms with E-state index in [0.717, 1.165) is 17.0 Å². The highest BCUT2D eigenvalue weighted by Crippen LogP contribution is 2.16. The van der Waals surface area contributed by atoms with Gasteiger partial charge in [0.2, 0.25) is 0 Å². The topological polar surface area (TPSA) is 30.2 Å². The van der Waals surface area contributed by atoms with Gasteiger partial charge in [-0.1, -0.05) is 27.7 Å². The van der Waals surface area contributed by atoms with Crippen LogP contribution in [0.2, 0.25) is 0 Å². The summed E-state index contributed by atoms with van der Waals surface area (Å²) >= 11 is 0. The van der Waals surface area contributed by atoms with Gasteiger partial charge in [-0.05, 0) is 11.8 Å². The summed E-state index contributed by atoms with van der Waals surface area (Å²) < 4.78 is 2.07. The van der Waals surface area contributed by atoms with E-state index in [1.54, 1.807) is 0 Å². The highest BCUT2D eigenvalue weighted by molar-refractivity contribution is 5.38. The Morgan fingerprint density at radius 3 is 2.20 bits per heavy atom. The third kappa shape index (κ3) is 1.87. The lowest BCUT2D eigenvalue weighted by atomic mass is 10.1. The first-order valence-corrected chi connectivity index (χ1v) is 5.42. The monoisotopic (exact) mass is 203 g/mol. The fourth-order valence-corrected chi connectivity index (χ4v) is 1.51. The smallest absolute Gasteiger partial charge is 0.155 e. The fourth-order valence-electron chi connectivity index (χ4n) is 1.51. The van der Waals surface area contributed by atoms with E-state index in [1.807, 2.05) is 6.20 Å². The second-order valence-corrected chi connectivity index (χ2v) is 4.55. The maximum Gasteiger partial charge on any atom is 0.155 e. The lowest BCUT2D eigenvalue weighted by molar-refractivity contribution is 0.807. The molecule has 0 spiro atoms. The number of hydrogen-bond acceptors (Lipinski definition) is 2. The van der Waals surface area contributed by atoms with Gasteiger partial charge in [-0.15, -0.1) is 0 Å². The molecule has 2 aromatic heterocycles. The molecule has 0 saturated heterocycles. The first-order valence-electron chi connectivity index (χ1n) is 5.42. The summed E-state index contributed by atoms with van der Waals surface area (Å²) in [4.78, 5) is 8.91. The molecule has 80 valence electrons. The van der Waals surface area contributed by atoms with Crippen molar-refractivity contribution in [3.05, 3.63) is 30.0 Å². The molecule has 2 heterocycles. The van der Waals surface area contributed by atoms with Crippen LogP contribution in [0.5, 0.6) is 0 Å². The molecule has 0 unspecified atom stereocenters. The van der Waals surface area contributed by atoms with Gasteiger partial charge in [0.25, 0.3) is 0 Å². The number of imidazole rings is 1. The van der Waals surface area contributed by atoms with Gasteiger partial charge in [0.1, 0.15) is 0 Å². The average Bonchev–Trinajstić information content (AvgIpc) is 2.59. The van der Waals surface area contributed by atoms with Crippen molar-refractivity contribution in [1.29, 1.82) is 0 Å². The third-order valence-corrected chi connectivity index (χ3v) is 2.56. The molecule has 2 aromatic rings. The second kappa shape index (κ2) is 3.65. The predicted molar refractivity (Wildman–Crippen MR) is 61.2 cm³/mol. The highest BCUT2D eigenvalue weighted by Gasteiger charge is 2.07. The molecule has 2 rings (SSSR count). The number of fused-ring (bicyclic) bond motifs is 1. The summed E-state index contributed by atoms with van der Waals surface area (Å²) in [5.74, 6) is 0.923. The number of hydrogen-bond donors (Lipinski definition) is 0. The van der Waals surface area contributed by atoms with Gasteiger partial charge in [-0.25, -0.2) is 4.98 Å². The van der Waals surface area contributed by atoms with E-state index in [-0.39, 0.29) is 0 Å². The van der Waals surface area contributed by atoms with Crippen LogP contribution in [0.4, 0.5) is 0 Å². The zero-order chi connectivity index (χ0) is 11.0. The Bertz CT molecular complexity index is 463. The van der Waals surface area contributed by atoms with E-state index < -0.39 is 0 Å². The molecule has 0 radical (unpaired) electrons. The van der Waals surface area contributed by atoms with Crippen molar-refractivity contribution in [2.45, 2.75) is 39.5 Å². The van der Waals surface area contributed by atoms with Gasteiger partial charge in [-0.2, -0.15) is 0 Å². The summed E-state index contributed by atoms with van der Waals surface area (Å²) in [6.45, 7) is 8.60. The Labute approximate surface area is 90.2 Å². The van der Waals surface area contributed by atoms with E-state index in [0.29, 0.717) is 11.8 Å². The Morgan fingerprint density at radius 1 is 1.00 bits per heavy atom. The van der Waals surface area contributed by atoms with Crippen LogP contribution in [-0.4, -0.2) is 14.4 Å². The highest BCUT2D eigenvalue weighted by atomic mass is 15.0. The van der Waals surface area contributed by atoms with Crippen LogP contribution in [0, 0.1) is 0 Å². The fraction of sp³-hybridized carbons (Fsp3) is 0.500. The van der Waals surface area contributed by atoms with Crippen molar-refractivity contribution in [3.8, 4) is 0 Å². The lowest BCUT2D eigenvalue weighted by Crippen LogP contribution is -1.95. The lowest BCUT2D eigenvalue weighted by Gasteiger charge is -2.03.